The van der Waals surface area contributed by atoms with Crippen LogP contribution >= 0.6 is 0 Å². The van der Waals surface area contributed by atoms with Gasteiger partial charge in [0, 0.05) is 31.8 Å². The fourth-order valence-corrected chi connectivity index (χ4v) is 3.19. The van der Waals surface area contributed by atoms with E-state index in [1.165, 1.54) is 0 Å². The number of para-hydroxylation sites is 1. The van der Waals surface area contributed by atoms with Gasteiger partial charge in [-0.1, -0.05) is 17.3 Å². The third kappa shape index (κ3) is 3.09. The fourth-order valence-electron chi connectivity index (χ4n) is 3.19. The Morgan fingerprint density at radius 1 is 1.36 bits per heavy atom. The number of aromatic nitrogens is 2. The van der Waals surface area contributed by atoms with Crippen LogP contribution in [-0.2, 0) is 16.7 Å². The first kappa shape index (κ1) is 15.7. The van der Waals surface area contributed by atoms with E-state index in [0.717, 1.165) is 29.1 Å². The standard InChI is InChI=1S/C18H20N4O3/c1-21-12-13(11-19-21)22-9-4-7-17(18(22)23)25-20-15-8-10-24-16-6-3-2-5-14(15)16/h2-3,5-6,11-12,17H,4,7-10H2,1H3. The summed E-state index contributed by atoms with van der Waals surface area (Å²) in [5.41, 5.74) is 2.55. The van der Waals surface area contributed by atoms with Crippen molar-refractivity contribution in [2.75, 3.05) is 18.1 Å². The summed E-state index contributed by atoms with van der Waals surface area (Å²) in [6.45, 7) is 1.25. The van der Waals surface area contributed by atoms with Crippen molar-refractivity contribution in [3.63, 3.8) is 0 Å². The minimum atomic E-state index is -0.559. The van der Waals surface area contributed by atoms with Gasteiger partial charge in [0.15, 0.2) is 0 Å². The molecule has 1 amide bonds. The largest absolute Gasteiger partial charge is 0.492 e. The second-order valence-electron chi connectivity index (χ2n) is 6.23. The summed E-state index contributed by atoms with van der Waals surface area (Å²) in [6.07, 6.45) is 5.18. The van der Waals surface area contributed by atoms with Crippen LogP contribution in [0.15, 0.2) is 41.8 Å². The summed E-state index contributed by atoms with van der Waals surface area (Å²) in [4.78, 5) is 20.1. The third-order valence-corrected chi connectivity index (χ3v) is 4.48. The van der Waals surface area contributed by atoms with Gasteiger partial charge in [0.1, 0.15) is 5.75 Å². The second kappa shape index (κ2) is 6.58. The number of amides is 1. The maximum Gasteiger partial charge on any atom is 0.270 e. The number of oxime groups is 1. The summed E-state index contributed by atoms with van der Waals surface area (Å²) in [5.74, 6) is 0.743. The Bertz CT molecular complexity index is 814. The molecule has 7 nitrogen and oxygen atoms in total. The number of carbonyl (C=O) groups is 1. The molecule has 1 saturated heterocycles. The molecule has 2 aliphatic rings. The van der Waals surface area contributed by atoms with E-state index in [9.17, 15) is 4.79 Å². The van der Waals surface area contributed by atoms with Crippen LogP contribution in [0, 0.1) is 0 Å². The Morgan fingerprint density at radius 2 is 2.24 bits per heavy atom. The Kier molecular flexibility index (Phi) is 4.13. The zero-order valence-electron chi connectivity index (χ0n) is 14.1. The summed E-state index contributed by atoms with van der Waals surface area (Å²) in [5, 5.41) is 8.44. The lowest BCUT2D eigenvalue weighted by Gasteiger charge is -2.30. The normalized spacial score (nSPS) is 21.8. The topological polar surface area (TPSA) is 68.9 Å². The van der Waals surface area contributed by atoms with E-state index >= 15 is 0 Å². The van der Waals surface area contributed by atoms with E-state index < -0.39 is 6.10 Å². The molecule has 4 rings (SSSR count). The molecule has 25 heavy (non-hydrogen) atoms. The molecule has 3 heterocycles. The highest BCUT2D eigenvalue weighted by Gasteiger charge is 2.32. The van der Waals surface area contributed by atoms with Crippen molar-refractivity contribution in [2.24, 2.45) is 12.2 Å². The van der Waals surface area contributed by atoms with Crippen molar-refractivity contribution in [2.45, 2.75) is 25.4 Å². The first-order valence-electron chi connectivity index (χ1n) is 8.47. The Morgan fingerprint density at radius 3 is 3.08 bits per heavy atom. The van der Waals surface area contributed by atoms with E-state index in [4.69, 9.17) is 9.57 Å². The van der Waals surface area contributed by atoms with Crippen molar-refractivity contribution in [3.8, 4) is 5.75 Å². The lowest BCUT2D eigenvalue weighted by Crippen LogP contribution is -2.45. The van der Waals surface area contributed by atoms with Crippen LogP contribution in [0.4, 0.5) is 5.69 Å². The van der Waals surface area contributed by atoms with Gasteiger partial charge in [0.25, 0.3) is 5.91 Å². The molecule has 0 bridgehead atoms. The van der Waals surface area contributed by atoms with Gasteiger partial charge in [0.2, 0.25) is 6.10 Å². The Hall–Kier alpha value is -2.83. The van der Waals surface area contributed by atoms with Gasteiger partial charge in [0.05, 0.1) is 24.2 Å². The van der Waals surface area contributed by atoms with Gasteiger partial charge >= 0.3 is 0 Å². The number of rotatable bonds is 3. The molecule has 1 unspecified atom stereocenters. The highest BCUT2D eigenvalue weighted by atomic mass is 16.6. The Balaban J connectivity index is 1.50. The quantitative estimate of drug-likeness (QED) is 0.803. The molecular weight excluding hydrogens is 320 g/mol. The molecule has 2 aliphatic heterocycles. The second-order valence-corrected chi connectivity index (χ2v) is 6.23. The number of hydrogen-bond donors (Lipinski definition) is 0. The predicted octanol–water partition coefficient (Wildman–Crippen LogP) is 2.12. The third-order valence-electron chi connectivity index (χ3n) is 4.48. The highest BCUT2D eigenvalue weighted by molar-refractivity contribution is 6.03. The number of aryl methyl sites for hydroxylation is 1. The van der Waals surface area contributed by atoms with Crippen LogP contribution in [0.25, 0.3) is 0 Å². The monoisotopic (exact) mass is 340 g/mol. The van der Waals surface area contributed by atoms with Gasteiger partial charge in [-0.05, 0) is 25.0 Å². The first-order valence-corrected chi connectivity index (χ1v) is 8.47. The zero-order valence-corrected chi connectivity index (χ0v) is 14.1. The number of piperidine rings is 1. The molecule has 0 aliphatic carbocycles. The molecule has 1 atom stereocenters. The van der Waals surface area contributed by atoms with Crippen LogP contribution in [0.1, 0.15) is 24.8 Å². The van der Waals surface area contributed by atoms with Crippen molar-refractivity contribution in [1.29, 1.82) is 0 Å². The van der Waals surface area contributed by atoms with Crippen LogP contribution in [-0.4, -0.2) is 40.7 Å². The van der Waals surface area contributed by atoms with Gasteiger partial charge in [-0.25, -0.2) is 0 Å². The number of ether oxygens (including phenoxy) is 1. The summed E-state index contributed by atoms with van der Waals surface area (Å²) < 4.78 is 7.31. The molecule has 1 aromatic carbocycles. The zero-order chi connectivity index (χ0) is 17.2. The van der Waals surface area contributed by atoms with Gasteiger partial charge < -0.3 is 14.5 Å². The molecule has 1 aromatic heterocycles. The Labute approximate surface area is 145 Å². The van der Waals surface area contributed by atoms with Crippen LogP contribution in [0.5, 0.6) is 5.75 Å². The number of anilines is 1. The predicted molar refractivity (Wildman–Crippen MR) is 92.8 cm³/mol. The summed E-state index contributed by atoms with van der Waals surface area (Å²) in [7, 11) is 1.83. The lowest BCUT2D eigenvalue weighted by atomic mass is 10.0. The molecule has 0 saturated carbocycles. The molecule has 0 N–H and O–H groups in total. The summed E-state index contributed by atoms with van der Waals surface area (Å²) in [6, 6.07) is 7.75. The van der Waals surface area contributed by atoms with Crippen molar-refractivity contribution >= 4 is 17.3 Å². The number of benzene rings is 1. The van der Waals surface area contributed by atoms with E-state index in [-0.39, 0.29) is 5.91 Å². The molecule has 2 aromatic rings. The molecule has 7 heteroatoms. The van der Waals surface area contributed by atoms with E-state index in [1.54, 1.807) is 15.8 Å². The molecule has 1 fully saturated rings. The smallest absolute Gasteiger partial charge is 0.270 e. The van der Waals surface area contributed by atoms with Crippen molar-refractivity contribution in [3.05, 3.63) is 42.2 Å². The maximum atomic E-state index is 12.7. The van der Waals surface area contributed by atoms with Crippen molar-refractivity contribution < 1.29 is 14.4 Å². The van der Waals surface area contributed by atoms with E-state index in [1.807, 2.05) is 37.5 Å². The van der Waals surface area contributed by atoms with Gasteiger partial charge in [-0.3, -0.25) is 9.48 Å². The van der Waals surface area contributed by atoms with Crippen LogP contribution in [0.3, 0.4) is 0 Å². The molecular formula is C18H20N4O3. The number of fused-ring (bicyclic) bond motifs is 1. The molecule has 0 spiro atoms. The van der Waals surface area contributed by atoms with Gasteiger partial charge in [-0.15, -0.1) is 0 Å². The van der Waals surface area contributed by atoms with E-state index in [2.05, 4.69) is 10.3 Å². The molecule has 130 valence electrons. The SMILES string of the molecule is Cn1cc(N2CCCC(ON=C3CCOc4ccccc43)C2=O)cn1. The highest BCUT2D eigenvalue weighted by Crippen LogP contribution is 2.26. The van der Waals surface area contributed by atoms with Crippen molar-refractivity contribution in [1.82, 2.24) is 9.78 Å². The average Bonchev–Trinajstić information content (AvgIpc) is 3.07. The van der Waals surface area contributed by atoms with Crippen LogP contribution in [0.2, 0.25) is 0 Å². The fraction of sp³-hybridized carbons (Fsp3) is 0.389. The number of hydrogen-bond acceptors (Lipinski definition) is 5. The van der Waals surface area contributed by atoms with Gasteiger partial charge in [-0.2, -0.15) is 5.10 Å². The average molecular weight is 340 g/mol. The van der Waals surface area contributed by atoms with Crippen LogP contribution < -0.4 is 9.64 Å². The van der Waals surface area contributed by atoms with E-state index in [0.29, 0.717) is 26.0 Å². The molecule has 0 radical (unpaired) electrons. The minimum absolute atomic E-state index is 0.0658. The number of nitrogens with zero attached hydrogens (tertiary/aromatic N) is 4. The minimum Gasteiger partial charge on any atom is -0.492 e. The first-order chi connectivity index (χ1) is 12.2. The number of carbonyl (C=O) groups excluding carboxylic acids is 1. The maximum absolute atomic E-state index is 12.7. The lowest BCUT2D eigenvalue weighted by molar-refractivity contribution is -0.132. The summed E-state index contributed by atoms with van der Waals surface area (Å²) >= 11 is 0.